The van der Waals surface area contributed by atoms with E-state index in [0.717, 1.165) is 42.3 Å². The average Bonchev–Trinajstić information content (AvgIpc) is 3.31. The fraction of sp³-hybridized carbons (Fsp3) is 0.389. The molecule has 0 bridgehead atoms. The zero-order chi connectivity index (χ0) is 17.1. The van der Waals surface area contributed by atoms with Crippen LogP contribution < -0.4 is 14.4 Å². The number of carbonyl (C=O) groups is 1. The summed E-state index contributed by atoms with van der Waals surface area (Å²) in [6, 6.07) is 7.96. The summed E-state index contributed by atoms with van der Waals surface area (Å²) in [7, 11) is 5.19. The minimum absolute atomic E-state index is 0.0892. The summed E-state index contributed by atoms with van der Waals surface area (Å²) in [6.45, 7) is 1.71. The quantitative estimate of drug-likeness (QED) is 0.834. The van der Waals surface area contributed by atoms with E-state index in [1.54, 1.807) is 25.6 Å². The van der Waals surface area contributed by atoms with Crippen LogP contribution in [0.2, 0.25) is 0 Å². The normalized spacial score (nSPS) is 17.0. The largest absolute Gasteiger partial charge is 0.497 e. The van der Waals surface area contributed by atoms with Crippen LogP contribution in [0, 0.1) is 0 Å². The van der Waals surface area contributed by atoms with Gasteiger partial charge < -0.3 is 19.3 Å². The molecule has 1 saturated heterocycles. The first kappa shape index (κ1) is 16.6. The zero-order valence-corrected chi connectivity index (χ0v) is 15.0. The van der Waals surface area contributed by atoms with E-state index in [2.05, 4.69) is 4.90 Å². The van der Waals surface area contributed by atoms with Crippen molar-refractivity contribution in [1.82, 2.24) is 4.90 Å². The molecule has 3 rings (SSSR count). The van der Waals surface area contributed by atoms with Crippen molar-refractivity contribution in [1.29, 1.82) is 0 Å². The van der Waals surface area contributed by atoms with Crippen LogP contribution in [-0.4, -0.2) is 51.2 Å². The van der Waals surface area contributed by atoms with Crippen molar-refractivity contribution in [2.75, 3.05) is 39.3 Å². The highest BCUT2D eigenvalue weighted by atomic mass is 32.1. The second kappa shape index (κ2) is 7.13. The number of hydrogen-bond acceptors (Lipinski definition) is 5. The lowest BCUT2D eigenvalue weighted by atomic mass is 10.2. The van der Waals surface area contributed by atoms with Gasteiger partial charge in [-0.05, 0) is 17.9 Å². The molecular formula is C18H22N2O3S. The van der Waals surface area contributed by atoms with Gasteiger partial charge in [-0.2, -0.15) is 11.3 Å². The van der Waals surface area contributed by atoms with E-state index in [4.69, 9.17) is 9.47 Å². The molecule has 2 aromatic rings. The van der Waals surface area contributed by atoms with Gasteiger partial charge in [0.25, 0.3) is 5.91 Å². The molecule has 1 aromatic heterocycles. The number of anilines is 1. The van der Waals surface area contributed by atoms with Gasteiger partial charge in [0.05, 0.1) is 25.8 Å². The van der Waals surface area contributed by atoms with Crippen LogP contribution in [0.4, 0.5) is 5.69 Å². The highest BCUT2D eigenvalue weighted by Crippen LogP contribution is 2.31. The Morgan fingerprint density at radius 2 is 1.96 bits per heavy atom. The standard InChI is InChI=1S/C18H22N2O3S/c1-19(18(21)13-5-7-24-12-13)14-4-6-20(11-14)15-8-16(22-2)10-17(9-15)23-3/h5,7-10,12,14H,4,6,11H2,1-3H3/t14-/m1/s1. The first-order valence-electron chi connectivity index (χ1n) is 7.89. The highest BCUT2D eigenvalue weighted by Gasteiger charge is 2.29. The number of nitrogens with zero attached hydrogens (tertiary/aromatic N) is 2. The molecule has 1 aliphatic rings. The average molecular weight is 346 g/mol. The molecule has 128 valence electrons. The van der Waals surface area contributed by atoms with Gasteiger partial charge in [0, 0.05) is 49.4 Å². The Kier molecular flexibility index (Phi) is 4.94. The number of likely N-dealkylation sites (N-methyl/N-ethyl adjacent to an activating group) is 1. The second-order valence-corrected chi connectivity index (χ2v) is 6.67. The Morgan fingerprint density at radius 3 is 2.54 bits per heavy atom. The molecule has 0 aliphatic carbocycles. The molecule has 2 heterocycles. The molecule has 0 radical (unpaired) electrons. The summed E-state index contributed by atoms with van der Waals surface area (Å²) in [6.07, 6.45) is 0.950. The van der Waals surface area contributed by atoms with Gasteiger partial charge >= 0.3 is 0 Å². The predicted molar refractivity (Wildman–Crippen MR) is 96.6 cm³/mol. The summed E-state index contributed by atoms with van der Waals surface area (Å²) < 4.78 is 10.7. The number of thiophene rings is 1. The van der Waals surface area contributed by atoms with Crippen LogP contribution in [0.1, 0.15) is 16.8 Å². The first-order valence-corrected chi connectivity index (χ1v) is 8.84. The van der Waals surface area contributed by atoms with Crippen LogP contribution in [0.3, 0.4) is 0 Å². The summed E-state index contributed by atoms with van der Waals surface area (Å²) in [4.78, 5) is 16.6. The van der Waals surface area contributed by atoms with Crippen LogP contribution in [0.5, 0.6) is 11.5 Å². The van der Waals surface area contributed by atoms with Crippen LogP contribution in [0.25, 0.3) is 0 Å². The van der Waals surface area contributed by atoms with Crippen LogP contribution >= 0.6 is 11.3 Å². The number of ether oxygens (including phenoxy) is 2. The van der Waals surface area contributed by atoms with Crippen LogP contribution in [-0.2, 0) is 0 Å². The summed E-state index contributed by atoms with van der Waals surface area (Å²) in [5.41, 5.74) is 1.83. The SMILES string of the molecule is COc1cc(OC)cc(N2CC[C@@H](N(C)C(=O)c3ccsc3)C2)c1. The lowest BCUT2D eigenvalue weighted by Crippen LogP contribution is -2.38. The Hall–Kier alpha value is -2.21. The minimum atomic E-state index is 0.0892. The fourth-order valence-corrected chi connectivity index (χ4v) is 3.65. The Labute approximate surface area is 146 Å². The lowest BCUT2D eigenvalue weighted by Gasteiger charge is -2.25. The third-order valence-electron chi connectivity index (χ3n) is 4.50. The van der Waals surface area contributed by atoms with E-state index in [1.165, 1.54) is 0 Å². The minimum Gasteiger partial charge on any atom is -0.497 e. The monoisotopic (exact) mass is 346 g/mol. The van der Waals surface area contributed by atoms with Crippen molar-refractivity contribution in [2.24, 2.45) is 0 Å². The summed E-state index contributed by atoms with van der Waals surface area (Å²) in [5.74, 6) is 1.64. The van der Waals surface area contributed by atoms with E-state index in [-0.39, 0.29) is 11.9 Å². The number of benzene rings is 1. The molecule has 1 aliphatic heterocycles. The number of hydrogen-bond donors (Lipinski definition) is 0. The highest BCUT2D eigenvalue weighted by molar-refractivity contribution is 7.08. The van der Waals surface area contributed by atoms with E-state index < -0.39 is 0 Å². The van der Waals surface area contributed by atoms with Crippen molar-refractivity contribution in [2.45, 2.75) is 12.5 Å². The molecule has 0 spiro atoms. The van der Waals surface area contributed by atoms with E-state index >= 15 is 0 Å². The maximum Gasteiger partial charge on any atom is 0.254 e. The van der Waals surface area contributed by atoms with E-state index in [0.29, 0.717) is 0 Å². The number of rotatable bonds is 5. The van der Waals surface area contributed by atoms with E-state index in [1.807, 2.05) is 47.0 Å². The van der Waals surface area contributed by atoms with Crippen molar-refractivity contribution in [3.05, 3.63) is 40.6 Å². The third-order valence-corrected chi connectivity index (χ3v) is 5.18. The number of carbonyl (C=O) groups excluding carboxylic acids is 1. The molecule has 0 N–H and O–H groups in total. The topological polar surface area (TPSA) is 42.0 Å². The third kappa shape index (κ3) is 3.33. The van der Waals surface area contributed by atoms with Gasteiger partial charge in [-0.25, -0.2) is 0 Å². The molecule has 5 nitrogen and oxygen atoms in total. The maximum absolute atomic E-state index is 12.5. The Morgan fingerprint density at radius 1 is 1.25 bits per heavy atom. The molecule has 1 amide bonds. The lowest BCUT2D eigenvalue weighted by molar-refractivity contribution is 0.0745. The zero-order valence-electron chi connectivity index (χ0n) is 14.2. The van der Waals surface area contributed by atoms with E-state index in [9.17, 15) is 4.79 Å². The van der Waals surface area contributed by atoms with Gasteiger partial charge in [-0.1, -0.05) is 0 Å². The van der Waals surface area contributed by atoms with Gasteiger partial charge in [-0.3, -0.25) is 4.79 Å². The van der Waals surface area contributed by atoms with Crippen molar-refractivity contribution in [3.63, 3.8) is 0 Å². The molecule has 0 saturated carbocycles. The van der Waals surface area contributed by atoms with Gasteiger partial charge in [-0.15, -0.1) is 0 Å². The number of amides is 1. The molecule has 24 heavy (non-hydrogen) atoms. The van der Waals surface area contributed by atoms with Crippen molar-refractivity contribution >= 4 is 22.9 Å². The van der Waals surface area contributed by atoms with Crippen molar-refractivity contribution in [3.8, 4) is 11.5 Å². The van der Waals surface area contributed by atoms with Gasteiger partial charge in [0.15, 0.2) is 0 Å². The molecule has 1 atom stereocenters. The summed E-state index contributed by atoms with van der Waals surface area (Å²) >= 11 is 1.55. The number of methoxy groups -OCH3 is 2. The smallest absolute Gasteiger partial charge is 0.254 e. The Balaban J connectivity index is 1.72. The van der Waals surface area contributed by atoms with Gasteiger partial charge in [0.2, 0.25) is 0 Å². The molecule has 6 heteroatoms. The van der Waals surface area contributed by atoms with Crippen molar-refractivity contribution < 1.29 is 14.3 Å². The van der Waals surface area contributed by atoms with Gasteiger partial charge in [0.1, 0.15) is 11.5 Å². The predicted octanol–water partition coefficient (Wildman–Crippen LogP) is 3.12. The maximum atomic E-state index is 12.5. The van der Waals surface area contributed by atoms with Crippen LogP contribution in [0.15, 0.2) is 35.0 Å². The fourth-order valence-electron chi connectivity index (χ4n) is 3.02. The molecule has 1 fully saturated rings. The summed E-state index contributed by atoms with van der Waals surface area (Å²) in [5, 5.41) is 3.84. The first-order chi connectivity index (χ1) is 11.6. The molecular weight excluding hydrogens is 324 g/mol. The second-order valence-electron chi connectivity index (χ2n) is 5.89. The molecule has 0 unspecified atom stereocenters. The Bertz CT molecular complexity index is 680. The molecule has 1 aromatic carbocycles.